The number of hydrogen-bond donors (Lipinski definition) is 0. The molecule has 3 atom stereocenters. The summed E-state index contributed by atoms with van der Waals surface area (Å²) in [7, 11) is 1.72. The summed E-state index contributed by atoms with van der Waals surface area (Å²) >= 11 is 0. The molecule has 20 heavy (non-hydrogen) atoms. The van der Waals surface area contributed by atoms with Crippen LogP contribution in [0.25, 0.3) is 0 Å². The molecule has 1 unspecified atom stereocenters. The molecule has 1 aromatic carbocycles. The van der Waals surface area contributed by atoms with Gasteiger partial charge in [-0.2, -0.15) is 0 Å². The van der Waals surface area contributed by atoms with Gasteiger partial charge in [0.1, 0.15) is 11.5 Å². The Morgan fingerprint density at radius 2 is 1.95 bits per heavy atom. The van der Waals surface area contributed by atoms with E-state index in [0.717, 1.165) is 31.4 Å². The van der Waals surface area contributed by atoms with Crippen molar-refractivity contribution in [3.05, 3.63) is 29.3 Å². The Hall–Kier alpha value is -1.31. The van der Waals surface area contributed by atoms with Crippen molar-refractivity contribution in [2.45, 2.75) is 51.9 Å². The standard InChI is InChI=1S/C18H24O2/c1-12-16(19)8-10-18(3)15-6-5-14(20-4)11-13(15)7-9-17(12,18)2/h5-6,11-12H,7-10H2,1-4H3/t12?,17-,18+/m1/s1. The summed E-state index contributed by atoms with van der Waals surface area (Å²) in [6, 6.07) is 6.48. The van der Waals surface area contributed by atoms with Gasteiger partial charge < -0.3 is 4.74 Å². The number of carbonyl (C=O) groups excluding carboxylic acids is 1. The molecule has 1 saturated carbocycles. The van der Waals surface area contributed by atoms with E-state index < -0.39 is 0 Å². The lowest BCUT2D eigenvalue weighted by Gasteiger charge is -2.56. The molecular weight excluding hydrogens is 248 g/mol. The second-order valence-electron chi connectivity index (χ2n) is 6.96. The van der Waals surface area contributed by atoms with E-state index in [-0.39, 0.29) is 16.7 Å². The van der Waals surface area contributed by atoms with E-state index in [2.05, 4.69) is 39.0 Å². The molecule has 0 aromatic heterocycles. The van der Waals surface area contributed by atoms with Gasteiger partial charge in [0.05, 0.1) is 7.11 Å². The zero-order valence-electron chi connectivity index (χ0n) is 13.0. The topological polar surface area (TPSA) is 26.3 Å². The lowest BCUT2D eigenvalue weighted by atomic mass is 9.46. The van der Waals surface area contributed by atoms with Crippen LogP contribution in [0.4, 0.5) is 0 Å². The number of hydrogen-bond acceptors (Lipinski definition) is 2. The summed E-state index contributed by atoms with van der Waals surface area (Å²) < 4.78 is 5.36. The molecule has 1 aromatic rings. The second kappa shape index (κ2) is 4.34. The van der Waals surface area contributed by atoms with Gasteiger partial charge in [-0.1, -0.05) is 26.8 Å². The van der Waals surface area contributed by atoms with Gasteiger partial charge in [-0.15, -0.1) is 0 Å². The Balaban J connectivity index is 2.13. The summed E-state index contributed by atoms with van der Waals surface area (Å²) in [6.45, 7) is 6.82. The van der Waals surface area contributed by atoms with Crippen molar-refractivity contribution in [2.24, 2.45) is 11.3 Å². The number of Topliss-reactive ketones (excluding diaryl/α,β-unsaturated/α-hetero) is 1. The van der Waals surface area contributed by atoms with Crippen LogP contribution in [0.3, 0.4) is 0 Å². The van der Waals surface area contributed by atoms with Gasteiger partial charge >= 0.3 is 0 Å². The fourth-order valence-corrected chi connectivity index (χ4v) is 4.48. The Labute approximate surface area is 121 Å². The first kappa shape index (κ1) is 13.7. The molecule has 0 radical (unpaired) electrons. The lowest BCUT2D eigenvalue weighted by Crippen LogP contribution is -2.54. The number of fused-ring (bicyclic) bond motifs is 3. The molecule has 108 valence electrons. The SMILES string of the molecule is COc1ccc2c(c1)CC[C@]1(C)C(C)C(=O)CC[C@@]21C. The van der Waals surface area contributed by atoms with Crippen molar-refractivity contribution in [2.75, 3.05) is 7.11 Å². The summed E-state index contributed by atoms with van der Waals surface area (Å²) in [6.07, 6.45) is 3.84. The van der Waals surface area contributed by atoms with E-state index in [1.807, 2.05) is 0 Å². The fourth-order valence-electron chi connectivity index (χ4n) is 4.48. The predicted molar refractivity (Wildman–Crippen MR) is 80.2 cm³/mol. The molecule has 0 saturated heterocycles. The Morgan fingerprint density at radius 3 is 2.65 bits per heavy atom. The molecule has 2 aliphatic carbocycles. The monoisotopic (exact) mass is 272 g/mol. The molecule has 2 aliphatic rings. The van der Waals surface area contributed by atoms with Gasteiger partial charge in [-0.3, -0.25) is 4.79 Å². The van der Waals surface area contributed by atoms with Crippen molar-refractivity contribution in [3.8, 4) is 5.75 Å². The largest absolute Gasteiger partial charge is 0.497 e. The highest BCUT2D eigenvalue weighted by molar-refractivity contribution is 5.83. The van der Waals surface area contributed by atoms with Gasteiger partial charge in [0.15, 0.2) is 0 Å². The molecule has 0 aliphatic heterocycles. The van der Waals surface area contributed by atoms with E-state index in [4.69, 9.17) is 4.74 Å². The van der Waals surface area contributed by atoms with E-state index >= 15 is 0 Å². The van der Waals surface area contributed by atoms with Gasteiger partial charge in [-0.25, -0.2) is 0 Å². The number of methoxy groups -OCH3 is 1. The maximum absolute atomic E-state index is 12.2. The highest BCUT2D eigenvalue weighted by Crippen LogP contribution is 2.59. The summed E-state index contributed by atoms with van der Waals surface area (Å²) in [5.74, 6) is 1.55. The fraction of sp³-hybridized carbons (Fsp3) is 0.611. The summed E-state index contributed by atoms with van der Waals surface area (Å²) in [5.41, 5.74) is 3.04. The van der Waals surface area contributed by atoms with Crippen LogP contribution >= 0.6 is 0 Å². The van der Waals surface area contributed by atoms with Crippen LogP contribution in [0.1, 0.15) is 51.2 Å². The van der Waals surface area contributed by atoms with Gasteiger partial charge in [0.2, 0.25) is 0 Å². The number of rotatable bonds is 1. The van der Waals surface area contributed by atoms with Gasteiger partial charge in [0.25, 0.3) is 0 Å². The number of benzene rings is 1. The number of aryl methyl sites for hydroxylation is 1. The quantitative estimate of drug-likeness (QED) is 0.775. The zero-order chi connectivity index (χ0) is 14.5. The first-order valence-corrected chi connectivity index (χ1v) is 7.62. The van der Waals surface area contributed by atoms with Crippen molar-refractivity contribution in [3.63, 3.8) is 0 Å². The van der Waals surface area contributed by atoms with Crippen LogP contribution in [0.15, 0.2) is 18.2 Å². The zero-order valence-corrected chi connectivity index (χ0v) is 13.0. The van der Waals surface area contributed by atoms with Crippen LogP contribution in [-0.2, 0) is 16.6 Å². The molecule has 2 nitrogen and oxygen atoms in total. The van der Waals surface area contributed by atoms with Crippen LogP contribution in [0.5, 0.6) is 5.75 Å². The molecular formula is C18H24O2. The third kappa shape index (κ3) is 1.60. The van der Waals surface area contributed by atoms with E-state index in [1.165, 1.54) is 11.1 Å². The Bertz CT molecular complexity index is 563. The normalized spacial score (nSPS) is 36.2. The molecule has 0 heterocycles. The highest BCUT2D eigenvalue weighted by atomic mass is 16.5. The second-order valence-corrected chi connectivity index (χ2v) is 6.96. The third-order valence-electron chi connectivity index (χ3n) is 6.39. The first-order chi connectivity index (χ1) is 9.42. The highest BCUT2D eigenvalue weighted by Gasteiger charge is 2.55. The third-order valence-corrected chi connectivity index (χ3v) is 6.39. The van der Waals surface area contributed by atoms with E-state index in [9.17, 15) is 4.79 Å². The molecule has 3 rings (SSSR count). The summed E-state index contributed by atoms with van der Waals surface area (Å²) in [5, 5.41) is 0. The average Bonchev–Trinajstić information content (AvgIpc) is 2.46. The number of carbonyl (C=O) groups is 1. The van der Waals surface area contributed by atoms with Crippen molar-refractivity contribution < 1.29 is 9.53 Å². The smallest absolute Gasteiger partial charge is 0.136 e. The molecule has 2 heteroatoms. The van der Waals surface area contributed by atoms with Crippen LogP contribution < -0.4 is 4.74 Å². The maximum atomic E-state index is 12.2. The molecule has 0 N–H and O–H groups in total. The number of ether oxygens (including phenoxy) is 1. The predicted octanol–water partition coefficient (Wildman–Crippen LogP) is 3.90. The van der Waals surface area contributed by atoms with Gasteiger partial charge in [-0.05, 0) is 53.4 Å². The number of ketones is 1. The minimum absolute atomic E-state index is 0.0872. The maximum Gasteiger partial charge on any atom is 0.136 e. The molecule has 0 spiro atoms. The van der Waals surface area contributed by atoms with Crippen LogP contribution in [0.2, 0.25) is 0 Å². The minimum atomic E-state index is 0.0872. The van der Waals surface area contributed by atoms with Crippen molar-refractivity contribution >= 4 is 5.78 Å². The molecule has 1 fully saturated rings. The van der Waals surface area contributed by atoms with E-state index in [0.29, 0.717) is 5.78 Å². The Morgan fingerprint density at radius 1 is 1.20 bits per heavy atom. The van der Waals surface area contributed by atoms with Gasteiger partial charge in [0, 0.05) is 12.3 Å². The lowest BCUT2D eigenvalue weighted by molar-refractivity contribution is -0.134. The molecule has 0 bridgehead atoms. The minimum Gasteiger partial charge on any atom is -0.497 e. The van der Waals surface area contributed by atoms with Crippen LogP contribution in [0, 0.1) is 11.3 Å². The van der Waals surface area contributed by atoms with Crippen molar-refractivity contribution in [1.29, 1.82) is 0 Å². The first-order valence-electron chi connectivity index (χ1n) is 7.62. The summed E-state index contributed by atoms with van der Waals surface area (Å²) in [4.78, 5) is 12.2. The van der Waals surface area contributed by atoms with Crippen LogP contribution in [-0.4, -0.2) is 12.9 Å². The van der Waals surface area contributed by atoms with E-state index in [1.54, 1.807) is 7.11 Å². The average molecular weight is 272 g/mol. The van der Waals surface area contributed by atoms with Crippen molar-refractivity contribution in [1.82, 2.24) is 0 Å². The molecule has 0 amide bonds. The Kier molecular flexibility index (Phi) is 2.97.